The lowest BCUT2D eigenvalue weighted by Gasteiger charge is -2.18. The van der Waals surface area contributed by atoms with Crippen molar-refractivity contribution >= 4 is 18.1 Å². The van der Waals surface area contributed by atoms with Crippen molar-refractivity contribution in [3.63, 3.8) is 0 Å². The third-order valence-electron chi connectivity index (χ3n) is 2.97. The van der Waals surface area contributed by atoms with Gasteiger partial charge in [0.1, 0.15) is 5.82 Å². The number of esters is 1. The first-order valence-corrected chi connectivity index (χ1v) is 5.49. The van der Waals surface area contributed by atoms with E-state index in [1.807, 2.05) is 4.90 Å². The number of methoxy groups -OCH3 is 1. The zero-order chi connectivity index (χ0) is 12.3. The van der Waals surface area contributed by atoms with Gasteiger partial charge >= 0.3 is 5.97 Å². The summed E-state index contributed by atoms with van der Waals surface area (Å²) < 4.78 is 4.72. The Morgan fingerprint density at radius 2 is 2.47 bits per heavy atom. The second-order valence-corrected chi connectivity index (χ2v) is 3.99. The van der Waals surface area contributed by atoms with Crippen molar-refractivity contribution in [3.8, 4) is 0 Å². The quantitative estimate of drug-likeness (QED) is 0.574. The van der Waals surface area contributed by atoms with Gasteiger partial charge < -0.3 is 9.64 Å². The molecular weight excluding hydrogens is 220 g/mol. The van der Waals surface area contributed by atoms with E-state index >= 15 is 0 Å². The molecule has 0 amide bonds. The second kappa shape index (κ2) is 4.95. The summed E-state index contributed by atoms with van der Waals surface area (Å²) in [4.78, 5) is 28.4. The first-order valence-electron chi connectivity index (χ1n) is 5.49. The Morgan fingerprint density at radius 3 is 3.18 bits per heavy atom. The van der Waals surface area contributed by atoms with Gasteiger partial charge in [-0.1, -0.05) is 0 Å². The molecule has 2 rings (SSSR count). The van der Waals surface area contributed by atoms with Crippen LogP contribution in [-0.4, -0.2) is 37.4 Å². The van der Waals surface area contributed by atoms with Gasteiger partial charge in [-0.3, -0.25) is 9.59 Å². The molecule has 90 valence electrons. The lowest BCUT2D eigenvalue weighted by Crippen LogP contribution is -2.25. The Balaban J connectivity index is 2.15. The van der Waals surface area contributed by atoms with E-state index in [1.165, 1.54) is 7.11 Å². The van der Waals surface area contributed by atoms with Gasteiger partial charge in [-0.2, -0.15) is 0 Å². The Hall–Kier alpha value is -1.91. The number of carbonyl (C=O) groups is 2. The third-order valence-corrected chi connectivity index (χ3v) is 2.97. The Labute approximate surface area is 99.4 Å². The van der Waals surface area contributed by atoms with Crippen molar-refractivity contribution in [2.75, 3.05) is 25.1 Å². The molecule has 5 heteroatoms. The average molecular weight is 234 g/mol. The molecule has 0 spiro atoms. The van der Waals surface area contributed by atoms with Crippen LogP contribution in [0.25, 0.3) is 0 Å². The van der Waals surface area contributed by atoms with Crippen LogP contribution in [0.5, 0.6) is 0 Å². The first kappa shape index (κ1) is 11.6. The summed E-state index contributed by atoms with van der Waals surface area (Å²) >= 11 is 0. The topological polar surface area (TPSA) is 59.5 Å². The third kappa shape index (κ3) is 2.27. The van der Waals surface area contributed by atoms with Crippen LogP contribution >= 0.6 is 0 Å². The largest absolute Gasteiger partial charge is 0.469 e. The molecule has 0 radical (unpaired) electrons. The average Bonchev–Trinajstić information content (AvgIpc) is 2.87. The van der Waals surface area contributed by atoms with E-state index in [0.717, 1.165) is 19.3 Å². The van der Waals surface area contributed by atoms with E-state index in [-0.39, 0.29) is 11.9 Å². The van der Waals surface area contributed by atoms with Gasteiger partial charge in [0.15, 0.2) is 6.29 Å². The number of aldehydes is 1. The molecule has 0 bridgehead atoms. The van der Waals surface area contributed by atoms with Crippen LogP contribution in [0.3, 0.4) is 0 Å². The summed E-state index contributed by atoms with van der Waals surface area (Å²) in [7, 11) is 1.39. The fraction of sp³-hybridized carbons (Fsp3) is 0.417. The SMILES string of the molecule is COC(=O)C1CCN(c2ncccc2C=O)C1. The van der Waals surface area contributed by atoms with Crippen molar-refractivity contribution in [1.29, 1.82) is 0 Å². The number of hydrogen-bond acceptors (Lipinski definition) is 5. The molecule has 17 heavy (non-hydrogen) atoms. The smallest absolute Gasteiger partial charge is 0.310 e. The van der Waals surface area contributed by atoms with E-state index in [4.69, 9.17) is 4.74 Å². The lowest BCUT2D eigenvalue weighted by atomic mass is 10.1. The lowest BCUT2D eigenvalue weighted by molar-refractivity contribution is -0.144. The van der Waals surface area contributed by atoms with Gasteiger partial charge in [-0.05, 0) is 18.6 Å². The van der Waals surface area contributed by atoms with Crippen LogP contribution in [0.4, 0.5) is 5.82 Å². The number of pyridine rings is 1. The minimum absolute atomic E-state index is 0.124. The normalized spacial score (nSPS) is 19.1. The van der Waals surface area contributed by atoms with Crippen LogP contribution in [0, 0.1) is 5.92 Å². The predicted molar refractivity (Wildman–Crippen MR) is 62.0 cm³/mol. The molecular formula is C12H14N2O3. The van der Waals surface area contributed by atoms with E-state index in [9.17, 15) is 9.59 Å². The molecule has 1 saturated heterocycles. The summed E-state index contributed by atoms with van der Waals surface area (Å²) in [6, 6.07) is 3.45. The molecule has 5 nitrogen and oxygen atoms in total. The number of hydrogen-bond donors (Lipinski definition) is 0. The summed E-state index contributed by atoms with van der Waals surface area (Å²) in [5.74, 6) is 0.325. The monoisotopic (exact) mass is 234 g/mol. The van der Waals surface area contributed by atoms with Gasteiger partial charge in [-0.15, -0.1) is 0 Å². The van der Waals surface area contributed by atoms with Crippen molar-refractivity contribution in [2.45, 2.75) is 6.42 Å². The maximum Gasteiger partial charge on any atom is 0.310 e. The van der Waals surface area contributed by atoms with Gasteiger partial charge in [0.2, 0.25) is 0 Å². The highest BCUT2D eigenvalue weighted by atomic mass is 16.5. The second-order valence-electron chi connectivity index (χ2n) is 3.99. The summed E-state index contributed by atoms with van der Waals surface area (Å²) in [5, 5.41) is 0. The van der Waals surface area contributed by atoms with Crippen molar-refractivity contribution in [3.05, 3.63) is 23.9 Å². The summed E-state index contributed by atoms with van der Waals surface area (Å²) in [6.45, 7) is 1.28. The zero-order valence-electron chi connectivity index (χ0n) is 9.63. The van der Waals surface area contributed by atoms with Crippen LogP contribution in [0.2, 0.25) is 0 Å². The highest BCUT2D eigenvalue weighted by molar-refractivity contribution is 5.83. The molecule has 0 N–H and O–H groups in total. The molecule has 1 aromatic rings. The minimum Gasteiger partial charge on any atom is -0.469 e. The Bertz CT molecular complexity index is 434. The molecule has 0 saturated carbocycles. The molecule has 1 unspecified atom stereocenters. The van der Waals surface area contributed by atoms with Gasteiger partial charge in [0.25, 0.3) is 0 Å². The highest BCUT2D eigenvalue weighted by Gasteiger charge is 2.30. The molecule has 1 atom stereocenters. The fourth-order valence-corrected chi connectivity index (χ4v) is 2.08. The molecule has 0 aromatic carbocycles. The Kier molecular flexibility index (Phi) is 3.37. The van der Waals surface area contributed by atoms with Gasteiger partial charge in [-0.25, -0.2) is 4.98 Å². The molecule has 1 aliphatic heterocycles. The van der Waals surface area contributed by atoms with E-state index in [2.05, 4.69) is 4.98 Å². The Morgan fingerprint density at radius 1 is 1.65 bits per heavy atom. The maximum absolute atomic E-state index is 11.4. The number of rotatable bonds is 3. The summed E-state index contributed by atoms with van der Waals surface area (Å²) in [5.41, 5.74) is 0.554. The number of anilines is 1. The predicted octanol–water partition coefficient (Wildman–Crippen LogP) is 0.893. The van der Waals surface area contributed by atoms with Crippen LogP contribution in [0.15, 0.2) is 18.3 Å². The first-order chi connectivity index (χ1) is 8.26. The van der Waals surface area contributed by atoms with Crippen LogP contribution < -0.4 is 4.90 Å². The van der Waals surface area contributed by atoms with Crippen molar-refractivity contribution in [2.24, 2.45) is 5.92 Å². The minimum atomic E-state index is -0.198. The van der Waals surface area contributed by atoms with Gasteiger partial charge in [0, 0.05) is 19.3 Å². The number of carbonyl (C=O) groups excluding carboxylic acids is 2. The number of ether oxygens (including phenoxy) is 1. The highest BCUT2D eigenvalue weighted by Crippen LogP contribution is 2.24. The maximum atomic E-state index is 11.4. The standard InChI is InChI=1S/C12H14N2O3/c1-17-12(16)9-4-6-14(7-9)11-10(8-15)3-2-5-13-11/h2-3,5,8-9H,4,6-7H2,1H3. The number of aromatic nitrogens is 1. The molecule has 2 heterocycles. The van der Waals surface area contributed by atoms with E-state index in [0.29, 0.717) is 17.9 Å². The van der Waals surface area contributed by atoms with Gasteiger partial charge in [0.05, 0.1) is 18.6 Å². The molecule has 1 aliphatic rings. The molecule has 1 aromatic heterocycles. The van der Waals surface area contributed by atoms with Crippen molar-refractivity contribution in [1.82, 2.24) is 4.98 Å². The van der Waals surface area contributed by atoms with Crippen molar-refractivity contribution < 1.29 is 14.3 Å². The van der Waals surface area contributed by atoms with Crippen LogP contribution in [-0.2, 0) is 9.53 Å². The van der Waals surface area contributed by atoms with E-state index < -0.39 is 0 Å². The number of nitrogens with zero attached hydrogens (tertiary/aromatic N) is 2. The zero-order valence-corrected chi connectivity index (χ0v) is 9.63. The molecule has 1 fully saturated rings. The fourth-order valence-electron chi connectivity index (χ4n) is 2.08. The van der Waals surface area contributed by atoms with Crippen LogP contribution in [0.1, 0.15) is 16.8 Å². The van der Waals surface area contributed by atoms with E-state index in [1.54, 1.807) is 18.3 Å². The molecule has 0 aliphatic carbocycles. The summed E-state index contributed by atoms with van der Waals surface area (Å²) in [6.07, 6.45) is 3.17.